The van der Waals surface area contributed by atoms with E-state index in [1.54, 1.807) is 12.1 Å². The lowest BCUT2D eigenvalue weighted by atomic mass is 10.1. The summed E-state index contributed by atoms with van der Waals surface area (Å²) in [6.07, 6.45) is 1.89. The number of hydrogen-bond acceptors (Lipinski definition) is 3. The number of aromatic nitrogens is 2. The van der Waals surface area contributed by atoms with Crippen molar-refractivity contribution in [1.29, 1.82) is 0 Å². The van der Waals surface area contributed by atoms with Crippen molar-refractivity contribution >= 4 is 17.2 Å². The number of aryl methyl sites for hydroxylation is 1. The Morgan fingerprint density at radius 2 is 1.76 bits per heavy atom. The fourth-order valence-electron chi connectivity index (χ4n) is 2.68. The summed E-state index contributed by atoms with van der Waals surface area (Å²) in [7, 11) is 0. The number of imidazole rings is 1. The van der Waals surface area contributed by atoms with Crippen LogP contribution in [0.15, 0.2) is 83.2 Å². The maximum Gasteiger partial charge on any atom is 0.187 e. The van der Waals surface area contributed by atoms with E-state index in [0.717, 1.165) is 22.5 Å². The predicted octanol–water partition coefficient (Wildman–Crippen LogP) is 5.86. The lowest BCUT2D eigenvalue weighted by Crippen LogP contribution is -1.82. The average Bonchev–Trinajstić information content (AvgIpc) is 2.99. The number of fused-ring (bicyclic) bond motifs is 1. The number of nitrogens with zero attached hydrogens (tertiary/aromatic N) is 4. The first kappa shape index (κ1) is 15.2. The van der Waals surface area contributed by atoms with E-state index in [9.17, 15) is 4.39 Å². The first-order chi connectivity index (χ1) is 12.2. The van der Waals surface area contributed by atoms with Gasteiger partial charge < -0.3 is 0 Å². The van der Waals surface area contributed by atoms with Crippen LogP contribution in [-0.2, 0) is 0 Å². The second-order valence-electron chi connectivity index (χ2n) is 5.76. The molecule has 0 aliphatic heterocycles. The van der Waals surface area contributed by atoms with E-state index in [2.05, 4.69) is 15.2 Å². The zero-order valence-corrected chi connectivity index (χ0v) is 13.6. The summed E-state index contributed by atoms with van der Waals surface area (Å²) >= 11 is 0. The summed E-state index contributed by atoms with van der Waals surface area (Å²) in [5.74, 6) is 0.333. The maximum atomic E-state index is 13.2. The quantitative estimate of drug-likeness (QED) is 0.433. The van der Waals surface area contributed by atoms with Gasteiger partial charge in [0.05, 0.1) is 5.69 Å². The zero-order valence-electron chi connectivity index (χ0n) is 13.6. The highest BCUT2D eigenvalue weighted by molar-refractivity contribution is 5.74. The Labute approximate surface area is 144 Å². The van der Waals surface area contributed by atoms with Gasteiger partial charge in [-0.3, -0.25) is 4.40 Å². The molecule has 0 spiro atoms. The summed E-state index contributed by atoms with van der Waals surface area (Å²) in [6, 6.07) is 19.8. The van der Waals surface area contributed by atoms with Crippen molar-refractivity contribution in [1.82, 2.24) is 9.38 Å². The first-order valence-corrected chi connectivity index (χ1v) is 7.92. The standard InChI is InChI=1S/C20H15FN4/c1-14-5-4-6-17(13-14)23-24-20-19(15-8-10-16(21)11-9-15)22-18-7-2-3-12-25(18)20/h2-13H,1H3. The number of hydrogen-bond donors (Lipinski definition) is 0. The number of halogens is 1. The molecule has 4 nitrogen and oxygen atoms in total. The average molecular weight is 330 g/mol. The Kier molecular flexibility index (Phi) is 3.82. The molecule has 5 heteroatoms. The smallest absolute Gasteiger partial charge is 0.187 e. The Hall–Kier alpha value is -3.34. The third kappa shape index (κ3) is 3.04. The van der Waals surface area contributed by atoms with Gasteiger partial charge in [-0.2, -0.15) is 0 Å². The molecule has 4 aromatic rings. The van der Waals surface area contributed by atoms with Crippen LogP contribution in [0.25, 0.3) is 16.9 Å². The van der Waals surface area contributed by atoms with Crippen LogP contribution in [0.2, 0.25) is 0 Å². The molecule has 25 heavy (non-hydrogen) atoms. The largest absolute Gasteiger partial charge is 0.283 e. The molecule has 0 unspecified atom stereocenters. The Balaban J connectivity index is 1.86. The number of pyridine rings is 1. The highest BCUT2D eigenvalue weighted by atomic mass is 19.1. The van der Waals surface area contributed by atoms with E-state index in [-0.39, 0.29) is 5.82 Å². The van der Waals surface area contributed by atoms with E-state index in [1.807, 2.05) is 60.0 Å². The van der Waals surface area contributed by atoms with E-state index in [0.29, 0.717) is 11.5 Å². The summed E-state index contributed by atoms with van der Waals surface area (Å²) < 4.78 is 15.1. The second-order valence-corrected chi connectivity index (χ2v) is 5.76. The SMILES string of the molecule is Cc1cccc(N=Nc2c(-c3ccc(F)cc3)nc3ccccn23)c1. The minimum atomic E-state index is -0.282. The molecule has 0 bridgehead atoms. The van der Waals surface area contributed by atoms with Crippen LogP contribution in [0.1, 0.15) is 5.56 Å². The molecule has 2 aromatic heterocycles. The van der Waals surface area contributed by atoms with Gasteiger partial charge in [0.15, 0.2) is 5.82 Å². The Morgan fingerprint density at radius 3 is 2.56 bits per heavy atom. The molecule has 4 rings (SSSR count). The van der Waals surface area contributed by atoms with Crippen LogP contribution in [0.3, 0.4) is 0 Å². The molecule has 0 N–H and O–H groups in total. The van der Waals surface area contributed by atoms with Gasteiger partial charge in [-0.1, -0.05) is 18.2 Å². The second kappa shape index (κ2) is 6.28. The third-order valence-corrected chi connectivity index (χ3v) is 3.88. The minimum absolute atomic E-state index is 0.282. The number of azo groups is 1. The topological polar surface area (TPSA) is 42.0 Å². The van der Waals surface area contributed by atoms with E-state index in [1.165, 1.54) is 12.1 Å². The summed E-state index contributed by atoms with van der Waals surface area (Å²) in [6.45, 7) is 2.01. The van der Waals surface area contributed by atoms with Gasteiger partial charge >= 0.3 is 0 Å². The molecular formula is C20H15FN4. The van der Waals surface area contributed by atoms with Gasteiger partial charge in [-0.15, -0.1) is 10.2 Å². The molecule has 0 radical (unpaired) electrons. The van der Waals surface area contributed by atoms with Crippen molar-refractivity contribution in [3.05, 3.63) is 84.3 Å². The molecular weight excluding hydrogens is 315 g/mol. The molecule has 2 heterocycles. The van der Waals surface area contributed by atoms with E-state index in [4.69, 9.17) is 0 Å². The van der Waals surface area contributed by atoms with Crippen molar-refractivity contribution in [2.24, 2.45) is 10.2 Å². The monoisotopic (exact) mass is 330 g/mol. The number of rotatable bonds is 3. The summed E-state index contributed by atoms with van der Waals surface area (Å²) in [5.41, 5.74) is 4.12. The van der Waals surface area contributed by atoms with Crippen molar-refractivity contribution in [3.8, 4) is 11.3 Å². The molecule has 0 aliphatic carbocycles. The van der Waals surface area contributed by atoms with Gasteiger partial charge in [0.1, 0.15) is 17.2 Å². The Morgan fingerprint density at radius 1 is 0.920 bits per heavy atom. The van der Waals surface area contributed by atoms with Crippen molar-refractivity contribution in [2.45, 2.75) is 6.92 Å². The summed E-state index contributed by atoms with van der Waals surface area (Å²) in [4.78, 5) is 4.63. The zero-order chi connectivity index (χ0) is 17.2. The van der Waals surface area contributed by atoms with Crippen molar-refractivity contribution in [3.63, 3.8) is 0 Å². The molecule has 0 amide bonds. The molecule has 0 saturated carbocycles. The predicted molar refractivity (Wildman–Crippen MR) is 95.9 cm³/mol. The molecule has 0 aliphatic rings. The van der Waals surface area contributed by atoms with E-state index < -0.39 is 0 Å². The van der Waals surface area contributed by atoms with Crippen LogP contribution in [0.4, 0.5) is 15.9 Å². The highest BCUT2D eigenvalue weighted by Crippen LogP contribution is 2.32. The van der Waals surface area contributed by atoms with Gasteiger partial charge in [0, 0.05) is 11.8 Å². The fraction of sp³-hybridized carbons (Fsp3) is 0.0500. The van der Waals surface area contributed by atoms with Crippen LogP contribution >= 0.6 is 0 Å². The molecule has 0 saturated heterocycles. The highest BCUT2D eigenvalue weighted by Gasteiger charge is 2.13. The molecule has 122 valence electrons. The van der Waals surface area contributed by atoms with Crippen LogP contribution in [-0.4, -0.2) is 9.38 Å². The minimum Gasteiger partial charge on any atom is -0.283 e. The molecule has 0 atom stereocenters. The van der Waals surface area contributed by atoms with E-state index >= 15 is 0 Å². The van der Waals surface area contributed by atoms with Crippen LogP contribution < -0.4 is 0 Å². The molecule has 2 aromatic carbocycles. The normalized spacial score (nSPS) is 11.4. The number of benzene rings is 2. The van der Waals surface area contributed by atoms with Crippen LogP contribution in [0, 0.1) is 12.7 Å². The first-order valence-electron chi connectivity index (χ1n) is 7.92. The van der Waals surface area contributed by atoms with Gasteiger partial charge in [0.2, 0.25) is 0 Å². The van der Waals surface area contributed by atoms with Gasteiger partial charge in [-0.25, -0.2) is 9.37 Å². The van der Waals surface area contributed by atoms with Gasteiger partial charge in [0.25, 0.3) is 0 Å². The molecule has 0 fully saturated rings. The van der Waals surface area contributed by atoms with Crippen molar-refractivity contribution in [2.75, 3.05) is 0 Å². The fourth-order valence-corrected chi connectivity index (χ4v) is 2.68. The Bertz CT molecular complexity index is 1060. The lowest BCUT2D eigenvalue weighted by molar-refractivity contribution is 0.628. The van der Waals surface area contributed by atoms with Crippen LogP contribution in [0.5, 0.6) is 0 Å². The van der Waals surface area contributed by atoms with Crippen molar-refractivity contribution < 1.29 is 4.39 Å². The summed E-state index contributed by atoms with van der Waals surface area (Å²) in [5, 5.41) is 8.79. The third-order valence-electron chi connectivity index (χ3n) is 3.88. The maximum absolute atomic E-state index is 13.2. The van der Waals surface area contributed by atoms with Gasteiger partial charge in [-0.05, 0) is 61.0 Å². The lowest BCUT2D eigenvalue weighted by Gasteiger charge is -2.00.